The molecule has 1 aliphatic rings. The smallest absolute Gasteiger partial charge is 0.243 e. The van der Waals surface area contributed by atoms with Crippen LogP contribution in [0.5, 0.6) is 5.75 Å². The molecule has 9 heteroatoms. The number of benzene rings is 2. The third-order valence-corrected chi connectivity index (χ3v) is 6.99. The number of carbonyl (C=O) groups excluding carboxylic acids is 1. The molecule has 2 aromatic carbocycles. The van der Waals surface area contributed by atoms with E-state index in [4.69, 9.17) is 4.74 Å². The molecule has 2 N–H and O–H groups in total. The van der Waals surface area contributed by atoms with E-state index >= 15 is 0 Å². The second-order valence-corrected chi connectivity index (χ2v) is 9.63. The summed E-state index contributed by atoms with van der Waals surface area (Å²) in [5, 5.41) is 13.0. The van der Waals surface area contributed by atoms with Crippen molar-refractivity contribution in [2.45, 2.75) is 24.8 Å². The van der Waals surface area contributed by atoms with E-state index in [0.717, 1.165) is 5.56 Å². The van der Waals surface area contributed by atoms with Crippen molar-refractivity contribution in [2.75, 3.05) is 44.6 Å². The molecule has 0 unspecified atom stereocenters. The number of rotatable bonds is 8. The fourth-order valence-corrected chi connectivity index (χ4v) is 4.81. The molecule has 1 aliphatic heterocycles. The summed E-state index contributed by atoms with van der Waals surface area (Å²) in [5.41, 5.74) is 1.70. The zero-order chi connectivity index (χ0) is 22.4. The summed E-state index contributed by atoms with van der Waals surface area (Å²) < 4.78 is 32.7. The van der Waals surface area contributed by atoms with Crippen molar-refractivity contribution < 1.29 is 23.1 Å². The lowest BCUT2D eigenvalue weighted by molar-refractivity contribution is -0.114. The fraction of sp³-hybridized carbons (Fsp3) is 0.409. The minimum atomic E-state index is -3.49. The van der Waals surface area contributed by atoms with Gasteiger partial charge in [-0.15, -0.1) is 0 Å². The Hall–Kier alpha value is -2.46. The summed E-state index contributed by atoms with van der Waals surface area (Å²) in [6.45, 7) is 5.76. The molecule has 1 amide bonds. The maximum absolute atomic E-state index is 12.8. The van der Waals surface area contributed by atoms with Gasteiger partial charge in [-0.05, 0) is 43.3 Å². The summed E-state index contributed by atoms with van der Waals surface area (Å²) in [6.07, 6.45) is -0.699. The second kappa shape index (κ2) is 10.2. The number of piperazine rings is 1. The quantitative estimate of drug-likeness (QED) is 0.639. The first-order chi connectivity index (χ1) is 14.7. The monoisotopic (exact) mass is 447 g/mol. The third-order valence-electron chi connectivity index (χ3n) is 5.08. The van der Waals surface area contributed by atoms with E-state index in [9.17, 15) is 18.3 Å². The highest BCUT2D eigenvalue weighted by molar-refractivity contribution is 7.89. The van der Waals surface area contributed by atoms with E-state index in [1.54, 1.807) is 48.5 Å². The van der Waals surface area contributed by atoms with Gasteiger partial charge in [-0.1, -0.05) is 17.7 Å². The molecular formula is C22H29N3O5S. The van der Waals surface area contributed by atoms with Crippen molar-refractivity contribution in [2.24, 2.45) is 0 Å². The number of aryl methyl sites for hydroxylation is 1. The number of nitrogens with one attached hydrogen (secondary N) is 1. The van der Waals surface area contributed by atoms with Gasteiger partial charge in [-0.3, -0.25) is 9.69 Å². The van der Waals surface area contributed by atoms with Crippen molar-refractivity contribution in [1.82, 2.24) is 9.21 Å². The first-order valence-corrected chi connectivity index (χ1v) is 11.7. The molecule has 168 valence electrons. The molecule has 3 rings (SSSR count). The minimum Gasteiger partial charge on any atom is -0.491 e. The number of nitrogens with zero attached hydrogens (tertiary/aromatic N) is 2. The van der Waals surface area contributed by atoms with Gasteiger partial charge in [0, 0.05) is 45.3 Å². The Morgan fingerprint density at radius 2 is 1.68 bits per heavy atom. The lowest BCUT2D eigenvalue weighted by Crippen LogP contribution is -2.50. The van der Waals surface area contributed by atoms with Crippen LogP contribution in [0.15, 0.2) is 53.4 Å². The van der Waals surface area contributed by atoms with Gasteiger partial charge < -0.3 is 15.2 Å². The molecule has 31 heavy (non-hydrogen) atoms. The average Bonchev–Trinajstić information content (AvgIpc) is 2.73. The molecule has 0 aliphatic carbocycles. The number of aliphatic hydroxyl groups is 1. The Morgan fingerprint density at radius 3 is 2.26 bits per heavy atom. The molecule has 2 aromatic rings. The largest absolute Gasteiger partial charge is 0.491 e. The van der Waals surface area contributed by atoms with Gasteiger partial charge in [0.05, 0.1) is 4.90 Å². The Bertz CT molecular complexity index is 969. The topological polar surface area (TPSA) is 99.2 Å². The van der Waals surface area contributed by atoms with Gasteiger partial charge in [0.15, 0.2) is 0 Å². The summed E-state index contributed by atoms with van der Waals surface area (Å²) in [4.78, 5) is 13.4. The van der Waals surface area contributed by atoms with Crippen molar-refractivity contribution in [3.63, 3.8) is 0 Å². The number of anilines is 1. The Labute approximate surface area is 183 Å². The number of hydrogen-bond acceptors (Lipinski definition) is 6. The van der Waals surface area contributed by atoms with Crippen LogP contribution >= 0.6 is 0 Å². The van der Waals surface area contributed by atoms with Crippen LogP contribution in [-0.4, -0.2) is 74.1 Å². The van der Waals surface area contributed by atoms with E-state index in [2.05, 4.69) is 5.32 Å². The van der Waals surface area contributed by atoms with E-state index in [0.29, 0.717) is 49.1 Å². The Kier molecular flexibility index (Phi) is 7.66. The first-order valence-electron chi connectivity index (χ1n) is 10.2. The molecule has 1 heterocycles. The number of hydrogen-bond donors (Lipinski definition) is 2. The molecule has 0 bridgehead atoms. The van der Waals surface area contributed by atoms with Crippen LogP contribution in [0.4, 0.5) is 5.69 Å². The van der Waals surface area contributed by atoms with Crippen molar-refractivity contribution in [3.8, 4) is 5.75 Å². The highest BCUT2D eigenvalue weighted by Crippen LogP contribution is 2.19. The third kappa shape index (κ3) is 6.51. The fourth-order valence-electron chi connectivity index (χ4n) is 3.39. The van der Waals surface area contributed by atoms with Gasteiger partial charge >= 0.3 is 0 Å². The van der Waals surface area contributed by atoms with Crippen molar-refractivity contribution in [3.05, 3.63) is 54.1 Å². The van der Waals surface area contributed by atoms with Crippen LogP contribution in [0.3, 0.4) is 0 Å². The number of ether oxygens (including phenoxy) is 1. The first kappa shape index (κ1) is 23.2. The number of sulfonamides is 1. The van der Waals surface area contributed by atoms with Crippen LogP contribution in [0.25, 0.3) is 0 Å². The Morgan fingerprint density at radius 1 is 1.06 bits per heavy atom. The number of amides is 1. The van der Waals surface area contributed by atoms with Crippen LogP contribution in [0, 0.1) is 6.92 Å². The maximum Gasteiger partial charge on any atom is 0.243 e. The molecule has 8 nitrogen and oxygen atoms in total. The Balaban J connectivity index is 1.44. The average molecular weight is 448 g/mol. The molecule has 1 saturated heterocycles. The predicted octanol–water partition coefficient (Wildman–Crippen LogP) is 1.70. The lowest BCUT2D eigenvalue weighted by Gasteiger charge is -2.34. The van der Waals surface area contributed by atoms with Gasteiger partial charge in [0.2, 0.25) is 15.9 Å². The van der Waals surface area contributed by atoms with Gasteiger partial charge in [-0.25, -0.2) is 8.42 Å². The summed E-state index contributed by atoms with van der Waals surface area (Å²) >= 11 is 0. The van der Waals surface area contributed by atoms with Gasteiger partial charge in [0.25, 0.3) is 0 Å². The van der Waals surface area contributed by atoms with Crippen molar-refractivity contribution in [1.29, 1.82) is 0 Å². The predicted molar refractivity (Wildman–Crippen MR) is 119 cm³/mol. The van der Waals surface area contributed by atoms with Crippen LogP contribution in [-0.2, 0) is 14.8 Å². The summed E-state index contributed by atoms with van der Waals surface area (Å²) in [7, 11) is -3.49. The van der Waals surface area contributed by atoms with E-state index in [1.807, 2.05) is 11.8 Å². The van der Waals surface area contributed by atoms with E-state index in [-0.39, 0.29) is 12.5 Å². The van der Waals surface area contributed by atoms with E-state index in [1.165, 1.54) is 11.2 Å². The maximum atomic E-state index is 12.8. The molecule has 0 saturated carbocycles. The number of β-amino-alcohol motifs (C(OH)–C–C–N with tert-alkyl or cyclic N) is 1. The molecule has 0 radical (unpaired) electrons. The normalized spacial score (nSPS) is 16.6. The minimum absolute atomic E-state index is 0.126. The highest BCUT2D eigenvalue weighted by atomic mass is 32.2. The molecule has 0 aromatic heterocycles. The summed E-state index contributed by atoms with van der Waals surface area (Å²) in [6, 6.07) is 13.8. The summed E-state index contributed by atoms with van der Waals surface area (Å²) in [5.74, 6) is 0.456. The highest BCUT2D eigenvalue weighted by Gasteiger charge is 2.29. The zero-order valence-corrected chi connectivity index (χ0v) is 18.6. The zero-order valence-electron chi connectivity index (χ0n) is 17.8. The molecule has 1 fully saturated rings. The van der Waals surface area contributed by atoms with Gasteiger partial charge in [-0.2, -0.15) is 4.31 Å². The van der Waals surface area contributed by atoms with Gasteiger partial charge in [0.1, 0.15) is 18.5 Å². The second-order valence-electron chi connectivity index (χ2n) is 7.69. The van der Waals surface area contributed by atoms with Crippen LogP contribution in [0.1, 0.15) is 12.5 Å². The van der Waals surface area contributed by atoms with Crippen molar-refractivity contribution >= 4 is 21.6 Å². The standard InChI is InChI=1S/C22H29N3O5S/c1-17-3-9-22(10-4-17)31(28,29)25-13-11-24(12-14-25)15-20(27)16-30-21-7-5-19(6-8-21)23-18(2)26/h3-10,20,27H,11-16H2,1-2H3,(H,23,26)/t20-/m0/s1. The molecular weight excluding hydrogens is 418 g/mol. The van der Waals surface area contributed by atoms with E-state index < -0.39 is 16.1 Å². The van der Waals surface area contributed by atoms with Crippen LogP contribution < -0.4 is 10.1 Å². The number of aliphatic hydroxyl groups excluding tert-OH is 1. The SMILES string of the molecule is CC(=O)Nc1ccc(OC[C@@H](O)CN2CCN(S(=O)(=O)c3ccc(C)cc3)CC2)cc1. The lowest BCUT2D eigenvalue weighted by atomic mass is 10.2. The molecule has 0 spiro atoms. The number of carbonyl (C=O) groups is 1. The van der Waals surface area contributed by atoms with Crippen LogP contribution in [0.2, 0.25) is 0 Å². The molecule has 1 atom stereocenters.